The third-order valence-corrected chi connectivity index (χ3v) is 3.75. The summed E-state index contributed by atoms with van der Waals surface area (Å²) in [6.07, 6.45) is -3.41. The number of anilines is 1. The van der Waals surface area contributed by atoms with Crippen LogP contribution >= 0.6 is 0 Å². The van der Waals surface area contributed by atoms with Crippen molar-refractivity contribution in [1.29, 1.82) is 0 Å². The Hall–Kier alpha value is -2.43. The molecule has 3 rings (SSSR count). The second-order valence-corrected chi connectivity index (χ2v) is 5.27. The van der Waals surface area contributed by atoms with Gasteiger partial charge in [0, 0.05) is 39.4 Å². The standard InChI is InChI=1S/C13H15F3N6O2/c1-24-7-11(23)21-4-2-20(3-5-21)10-6-9(13(14,15)16)19-12-17-8-18-22(10)12/h6,8H,2-5,7H2,1H3. The van der Waals surface area contributed by atoms with Crippen molar-refractivity contribution in [3.05, 3.63) is 18.1 Å². The van der Waals surface area contributed by atoms with Crippen LogP contribution in [0, 0.1) is 0 Å². The maximum atomic E-state index is 13.0. The van der Waals surface area contributed by atoms with Crippen molar-refractivity contribution in [1.82, 2.24) is 24.5 Å². The van der Waals surface area contributed by atoms with Crippen molar-refractivity contribution < 1.29 is 22.7 Å². The molecule has 0 spiro atoms. The summed E-state index contributed by atoms with van der Waals surface area (Å²) in [7, 11) is 1.44. The number of halogens is 3. The number of ether oxygens (including phenoxy) is 1. The summed E-state index contributed by atoms with van der Waals surface area (Å²) in [5.41, 5.74) is -1.02. The molecule has 3 heterocycles. The van der Waals surface area contributed by atoms with E-state index in [1.54, 1.807) is 9.80 Å². The first-order valence-electron chi connectivity index (χ1n) is 7.20. The number of aromatic nitrogens is 4. The largest absolute Gasteiger partial charge is 0.433 e. The van der Waals surface area contributed by atoms with E-state index in [4.69, 9.17) is 4.74 Å². The molecule has 0 saturated carbocycles. The number of amides is 1. The zero-order chi connectivity index (χ0) is 17.3. The monoisotopic (exact) mass is 344 g/mol. The molecule has 1 aliphatic rings. The fourth-order valence-corrected chi connectivity index (χ4v) is 2.57. The van der Waals surface area contributed by atoms with Gasteiger partial charge in [-0.05, 0) is 0 Å². The number of piperazine rings is 1. The van der Waals surface area contributed by atoms with Crippen LogP contribution in [0.5, 0.6) is 0 Å². The predicted molar refractivity (Wildman–Crippen MR) is 76.5 cm³/mol. The first kappa shape index (κ1) is 16.4. The number of hydrogen-bond acceptors (Lipinski definition) is 6. The van der Waals surface area contributed by atoms with Crippen LogP contribution in [0.4, 0.5) is 19.0 Å². The Bertz CT molecular complexity index is 739. The Labute approximate surface area is 134 Å². The van der Waals surface area contributed by atoms with Crippen LogP contribution in [0.15, 0.2) is 12.4 Å². The normalized spacial score (nSPS) is 16.0. The van der Waals surface area contributed by atoms with E-state index in [9.17, 15) is 18.0 Å². The molecule has 0 aromatic carbocycles. The lowest BCUT2D eigenvalue weighted by Crippen LogP contribution is -2.50. The number of carbonyl (C=O) groups is 1. The van der Waals surface area contributed by atoms with E-state index in [1.807, 2.05) is 0 Å². The summed E-state index contributed by atoms with van der Waals surface area (Å²) in [5, 5.41) is 3.93. The molecule has 1 fully saturated rings. The zero-order valence-electron chi connectivity index (χ0n) is 12.8. The Morgan fingerprint density at radius 2 is 2.00 bits per heavy atom. The molecule has 24 heavy (non-hydrogen) atoms. The highest BCUT2D eigenvalue weighted by Crippen LogP contribution is 2.30. The number of alkyl halides is 3. The van der Waals surface area contributed by atoms with Crippen LogP contribution in [0.3, 0.4) is 0 Å². The summed E-state index contributed by atoms with van der Waals surface area (Å²) in [5.74, 6) is -0.00450. The highest BCUT2D eigenvalue weighted by Gasteiger charge is 2.35. The average Bonchev–Trinajstić information content (AvgIpc) is 3.02. The molecular formula is C13H15F3N6O2. The predicted octanol–water partition coefficient (Wildman–Crippen LogP) is 0.438. The van der Waals surface area contributed by atoms with Gasteiger partial charge in [0.15, 0.2) is 5.69 Å². The van der Waals surface area contributed by atoms with Gasteiger partial charge in [0.25, 0.3) is 5.78 Å². The van der Waals surface area contributed by atoms with Gasteiger partial charge in [-0.2, -0.15) is 27.8 Å². The molecule has 0 unspecified atom stereocenters. The van der Waals surface area contributed by atoms with Gasteiger partial charge in [-0.15, -0.1) is 0 Å². The Morgan fingerprint density at radius 3 is 2.62 bits per heavy atom. The SMILES string of the molecule is COCC(=O)N1CCN(c2cc(C(F)(F)F)nc3ncnn23)CC1. The summed E-state index contributed by atoms with van der Waals surface area (Å²) in [6.45, 7) is 1.53. The molecule has 2 aromatic rings. The summed E-state index contributed by atoms with van der Waals surface area (Å²) >= 11 is 0. The fraction of sp³-hybridized carbons (Fsp3) is 0.538. The van der Waals surface area contributed by atoms with Crippen LogP contribution in [-0.2, 0) is 15.7 Å². The minimum Gasteiger partial charge on any atom is -0.375 e. The first-order valence-corrected chi connectivity index (χ1v) is 7.20. The highest BCUT2D eigenvalue weighted by molar-refractivity contribution is 5.77. The smallest absolute Gasteiger partial charge is 0.375 e. The highest BCUT2D eigenvalue weighted by atomic mass is 19.4. The minimum absolute atomic E-state index is 0.0131. The molecule has 0 radical (unpaired) electrons. The second kappa shape index (κ2) is 6.23. The topological polar surface area (TPSA) is 75.9 Å². The quantitative estimate of drug-likeness (QED) is 0.804. The number of methoxy groups -OCH3 is 1. The van der Waals surface area contributed by atoms with Gasteiger partial charge in [-0.3, -0.25) is 4.79 Å². The van der Waals surface area contributed by atoms with Gasteiger partial charge >= 0.3 is 6.18 Å². The lowest BCUT2D eigenvalue weighted by atomic mass is 10.3. The van der Waals surface area contributed by atoms with Gasteiger partial charge in [-0.25, -0.2) is 4.98 Å². The number of hydrogen-bond donors (Lipinski definition) is 0. The number of fused-ring (bicyclic) bond motifs is 1. The Morgan fingerprint density at radius 1 is 1.29 bits per heavy atom. The molecule has 2 aromatic heterocycles. The van der Waals surface area contributed by atoms with Gasteiger partial charge in [0.2, 0.25) is 5.91 Å². The minimum atomic E-state index is -4.57. The van der Waals surface area contributed by atoms with E-state index >= 15 is 0 Å². The van der Waals surface area contributed by atoms with Crippen molar-refractivity contribution in [3.8, 4) is 0 Å². The Kier molecular flexibility index (Phi) is 4.26. The maximum absolute atomic E-state index is 13.0. The van der Waals surface area contributed by atoms with E-state index in [-0.39, 0.29) is 24.1 Å². The molecule has 1 aliphatic heterocycles. The molecular weight excluding hydrogens is 329 g/mol. The Balaban J connectivity index is 1.85. The van der Waals surface area contributed by atoms with Crippen molar-refractivity contribution in [2.24, 2.45) is 0 Å². The van der Waals surface area contributed by atoms with Crippen LogP contribution < -0.4 is 4.90 Å². The van der Waals surface area contributed by atoms with Gasteiger partial charge in [-0.1, -0.05) is 0 Å². The van der Waals surface area contributed by atoms with E-state index < -0.39 is 11.9 Å². The van der Waals surface area contributed by atoms with Crippen molar-refractivity contribution in [2.45, 2.75) is 6.18 Å². The third kappa shape index (κ3) is 3.11. The third-order valence-electron chi connectivity index (χ3n) is 3.75. The number of nitrogens with zero attached hydrogens (tertiary/aromatic N) is 6. The van der Waals surface area contributed by atoms with Crippen LogP contribution in [0.25, 0.3) is 5.78 Å². The van der Waals surface area contributed by atoms with Crippen molar-refractivity contribution in [3.63, 3.8) is 0 Å². The molecule has 0 N–H and O–H groups in total. The lowest BCUT2D eigenvalue weighted by molar-refractivity contribution is -0.141. The second-order valence-electron chi connectivity index (χ2n) is 5.27. The van der Waals surface area contributed by atoms with Gasteiger partial charge < -0.3 is 14.5 Å². The molecule has 11 heteroatoms. The molecule has 1 amide bonds. The van der Waals surface area contributed by atoms with E-state index in [2.05, 4.69) is 15.1 Å². The first-order chi connectivity index (χ1) is 11.4. The molecule has 0 aliphatic carbocycles. The van der Waals surface area contributed by atoms with Crippen molar-refractivity contribution >= 4 is 17.5 Å². The molecule has 0 atom stereocenters. The van der Waals surface area contributed by atoms with Gasteiger partial charge in [0.1, 0.15) is 18.8 Å². The van der Waals surface area contributed by atoms with Crippen LogP contribution in [0.2, 0.25) is 0 Å². The molecule has 130 valence electrons. The maximum Gasteiger partial charge on any atom is 0.433 e. The number of carbonyl (C=O) groups excluding carboxylic acids is 1. The zero-order valence-corrected chi connectivity index (χ0v) is 12.8. The summed E-state index contributed by atoms with van der Waals surface area (Å²) in [6, 6.07) is 0.953. The van der Waals surface area contributed by atoms with E-state index in [0.29, 0.717) is 26.2 Å². The van der Waals surface area contributed by atoms with E-state index in [0.717, 1.165) is 12.4 Å². The summed E-state index contributed by atoms with van der Waals surface area (Å²) < 4.78 is 45.1. The average molecular weight is 344 g/mol. The molecule has 0 bridgehead atoms. The van der Waals surface area contributed by atoms with Crippen LogP contribution in [0.1, 0.15) is 5.69 Å². The van der Waals surface area contributed by atoms with Crippen LogP contribution in [-0.4, -0.2) is 70.3 Å². The molecule has 8 nitrogen and oxygen atoms in total. The van der Waals surface area contributed by atoms with E-state index in [1.165, 1.54) is 11.6 Å². The lowest BCUT2D eigenvalue weighted by Gasteiger charge is -2.35. The molecule has 1 saturated heterocycles. The number of rotatable bonds is 3. The van der Waals surface area contributed by atoms with Gasteiger partial charge in [0.05, 0.1) is 0 Å². The van der Waals surface area contributed by atoms with Crippen molar-refractivity contribution in [2.75, 3.05) is 44.8 Å². The summed E-state index contributed by atoms with van der Waals surface area (Å²) in [4.78, 5) is 22.4. The fourth-order valence-electron chi connectivity index (χ4n) is 2.57.